The molecule has 0 aliphatic carbocycles. The monoisotopic (exact) mass is 380 g/mol. The first-order valence-electron chi connectivity index (χ1n) is 8.06. The fraction of sp³-hybridized carbons (Fsp3) is 0.474. The summed E-state index contributed by atoms with van der Waals surface area (Å²) in [5.41, 5.74) is 7.35. The van der Waals surface area contributed by atoms with Crippen LogP contribution in [0.1, 0.15) is 58.2 Å². The molecule has 25 heavy (non-hydrogen) atoms. The summed E-state index contributed by atoms with van der Waals surface area (Å²) in [6.07, 6.45) is 5.01. The predicted octanol–water partition coefficient (Wildman–Crippen LogP) is 4.27. The summed E-state index contributed by atoms with van der Waals surface area (Å²) < 4.78 is 0.497. The van der Waals surface area contributed by atoms with Gasteiger partial charge >= 0.3 is 0 Å². The maximum atomic E-state index is 11.9. The summed E-state index contributed by atoms with van der Waals surface area (Å²) in [5.74, 6) is 0.0349. The van der Waals surface area contributed by atoms with Crippen molar-refractivity contribution < 1.29 is 9.90 Å². The first kappa shape index (κ1) is 21.5. The van der Waals surface area contributed by atoms with E-state index >= 15 is 0 Å². The van der Waals surface area contributed by atoms with Crippen LogP contribution < -0.4 is 10.9 Å². The fourth-order valence-corrected chi connectivity index (χ4v) is 2.48. The highest BCUT2D eigenvalue weighted by Crippen LogP contribution is 2.39. The van der Waals surface area contributed by atoms with Crippen molar-refractivity contribution in [2.75, 3.05) is 6.26 Å². The van der Waals surface area contributed by atoms with E-state index in [1.165, 1.54) is 17.8 Å². The lowest BCUT2D eigenvalue weighted by Gasteiger charge is -2.27. The van der Waals surface area contributed by atoms with Crippen LogP contribution in [0.3, 0.4) is 0 Å². The van der Waals surface area contributed by atoms with Gasteiger partial charge in [0.1, 0.15) is 5.75 Å². The third-order valence-corrected chi connectivity index (χ3v) is 4.72. The lowest BCUT2D eigenvalue weighted by Crippen LogP contribution is -2.38. The van der Waals surface area contributed by atoms with Gasteiger partial charge in [-0.3, -0.25) is 15.6 Å². The van der Waals surface area contributed by atoms with E-state index in [-0.39, 0.29) is 16.7 Å². The molecule has 3 N–H and O–H groups in total. The van der Waals surface area contributed by atoms with Crippen LogP contribution in [0.15, 0.2) is 18.2 Å². The van der Waals surface area contributed by atoms with Crippen LogP contribution in [0.2, 0.25) is 0 Å². The summed E-state index contributed by atoms with van der Waals surface area (Å²) >= 11 is 6.31. The molecule has 0 aliphatic rings. The zero-order chi connectivity index (χ0) is 19.4. The van der Waals surface area contributed by atoms with Crippen molar-refractivity contribution in [1.29, 1.82) is 0 Å². The number of hydrogen-bond donors (Lipinski definition) is 3. The number of amides is 1. The number of carbonyl (C=O) groups excluding carboxylic acids is 1. The zero-order valence-corrected chi connectivity index (χ0v) is 17.6. The SMILES string of the molecule is CSC(=S)NNC(=O)/C=C/c1cc(C(C)(C)C)c(O)c(C(C)(C)C)c1. The number of hydrogen-bond acceptors (Lipinski definition) is 4. The van der Waals surface area contributed by atoms with E-state index in [1.807, 2.05) is 18.4 Å². The molecular weight excluding hydrogens is 352 g/mol. The van der Waals surface area contributed by atoms with Gasteiger partial charge in [-0.2, -0.15) is 0 Å². The molecule has 0 radical (unpaired) electrons. The molecule has 1 rings (SSSR count). The van der Waals surface area contributed by atoms with E-state index in [2.05, 4.69) is 52.4 Å². The van der Waals surface area contributed by atoms with Gasteiger partial charge in [0.2, 0.25) is 0 Å². The number of benzene rings is 1. The van der Waals surface area contributed by atoms with Gasteiger partial charge in [-0.1, -0.05) is 65.5 Å². The standard InChI is InChI=1S/C19H28N2O2S2/c1-18(2,3)13-10-12(11-14(16(13)23)19(4,5)6)8-9-15(22)20-21-17(24)25-7/h8-11,23H,1-7H3,(H,20,22)(H,21,24)/b9-8+. The van der Waals surface area contributed by atoms with Crippen LogP contribution in [0, 0.1) is 0 Å². The normalized spacial score (nSPS) is 12.3. The molecule has 0 unspecified atom stereocenters. The van der Waals surface area contributed by atoms with Crippen LogP contribution in [0.25, 0.3) is 6.08 Å². The highest BCUT2D eigenvalue weighted by Gasteiger charge is 2.26. The van der Waals surface area contributed by atoms with Crippen molar-refractivity contribution >= 4 is 40.3 Å². The van der Waals surface area contributed by atoms with Gasteiger partial charge in [0.15, 0.2) is 4.32 Å². The lowest BCUT2D eigenvalue weighted by atomic mass is 9.78. The van der Waals surface area contributed by atoms with E-state index in [9.17, 15) is 9.90 Å². The molecular formula is C19H28N2O2S2. The van der Waals surface area contributed by atoms with Crippen molar-refractivity contribution in [1.82, 2.24) is 10.9 Å². The minimum Gasteiger partial charge on any atom is -0.507 e. The number of phenolic OH excluding ortho intramolecular Hbond substituents is 1. The Morgan fingerprint density at radius 3 is 1.96 bits per heavy atom. The van der Waals surface area contributed by atoms with Crippen LogP contribution in [-0.2, 0) is 15.6 Å². The Kier molecular flexibility index (Phi) is 7.08. The molecule has 1 aromatic carbocycles. The molecule has 0 bridgehead atoms. The molecule has 0 saturated heterocycles. The van der Waals surface area contributed by atoms with E-state index < -0.39 is 0 Å². The molecule has 1 aromatic rings. The van der Waals surface area contributed by atoms with E-state index in [0.717, 1.165) is 16.7 Å². The van der Waals surface area contributed by atoms with E-state index in [0.29, 0.717) is 10.1 Å². The Labute approximate surface area is 160 Å². The molecule has 6 heteroatoms. The van der Waals surface area contributed by atoms with Crippen LogP contribution in [0.4, 0.5) is 0 Å². The molecule has 0 aromatic heterocycles. The second-order valence-corrected chi connectivity index (χ2v) is 9.39. The molecule has 1 amide bonds. The average Bonchev–Trinajstić information content (AvgIpc) is 2.49. The van der Waals surface area contributed by atoms with Crippen molar-refractivity contribution in [2.45, 2.75) is 52.4 Å². The van der Waals surface area contributed by atoms with Crippen molar-refractivity contribution in [3.63, 3.8) is 0 Å². The number of aromatic hydroxyl groups is 1. The van der Waals surface area contributed by atoms with Gasteiger partial charge in [0.25, 0.3) is 5.91 Å². The molecule has 0 saturated carbocycles. The average molecular weight is 381 g/mol. The van der Waals surface area contributed by atoms with Crippen LogP contribution in [0.5, 0.6) is 5.75 Å². The molecule has 4 nitrogen and oxygen atoms in total. The van der Waals surface area contributed by atoms with Crippen LogP contribution >= 0.6 is 24.0 Å². The summed E-state index contributed by atoms with van der Waals surface area (Å²) in [6.45, 7) is 12.3. The van der Waals surface area contributed by atoms with Crippen LogP contribution in [-0.4, -0.2) is 21.6 Å². The molecule has 0 atom stereocenters. The van der Waals surface area contributed by atoms with Gasteiger partial charge in [-0.15, -0.1) is 0 Å². The highest BCUT2D eigenvalue weighted by molar-refractivity contribution is 8.22. The minimum absolute atomic E-state index is 0.206. The molecule has 0 spiro atoms. The first-order valence-corrected chi connectivity index (χ1v) is 9.69. The van der Waals surface area contributed by atoms with Gasteiger partial charge in [0.05, 0.1) is 0 Å². The zero-order valence-electron chi connectivity index (χ0n) is 16.0. The predicted molar refractivity (Wildman–Crippen MR) is 112 cm³/mol. The number of carbonyl (C=O) groups is 1. The Morgan fingerprint density at radius 1 is 1.08 bits per heavy atom. The number of thioether (sulfide) groups is 1. The Morgan fingerprint density at radius 2 is 1.56 bits per heavy atom. The third kappa shape index (κ3) is 6.36. The smallest absolute Gasteiger partial charge is 0.262 e. The molecule has 0 aliphatic heterocycles. The first-order chi connectivity index (χ1) is 11.4. The number of hydrazine groups is 1. The molecule has 138 valence electrons. The Hall–Kier alpha value is -1.53. The number of rotatable bonds is 2. The fourth-order valence-electron chi connectivity index (χ4n) is 2.27. The number of thiocarbonyl (C=S) groups is 1. The second-order valence-electron chi connectivity index (χ2n) is 7.90. The second kappa shape index (κ2) is 8.23. The largest absolute Gasteiger partial charge is 0.507 e. The van der Waals surface area contributed by atoms with Gasteiger partial charge in [-0.05, 0) is 40.9 Å². The molecule has 0 fully saturated rings. The summed E-state index contributed by atoms with van der Waals surface area (Å²) in [7, 11) is 0. The van der Waals surface area contributed by atoms with E-state index in [4.69, 9.17) is 12.2 Å². The summed E-state index contributed by atoms with van der Waals surface area (Å²) in [6, 6.07) is 3.85. The van der Waals surface area contributed by atoms with Gasteiger partial charge in [0, 0.05) is 17.2 Å². The van der Waals surface area contributed by atoms with Crippen molar-refractivity contribution in [3.05, 3.63) is 34.9 Å². The van der Waals surface area contributed by atoms with Gasteiger partial charge < -0.3 is 5.11 Å². The number of phenols is 1. The van der Waals surface area contributed by atoms with Crippen molar-refractivity contribution in [3.8, 4) is 5.75 Å². The highest BCUT2D eigenvalue weighted by atomic mass is 32.2. The quantitative estimate of drug-likeness (QED) is 0.406. The van der Waals surface area contributed by atoms with E-state index in [1.54, 1.807) is 6.08 Å². The summed E-state index contributed by atoms with van der Waals surface area (Å²) in [4.78, 5) is 11.9. The Bertz CT molecular complexity index is 649. The van der Waals surface area contributed by atoms with Gasteiger partial charge in [-0.25, -0.2) is 0 Å². The maximum absolute atomic E-state index is 11.9. The maximum Gasteiger partial charge on any atom is 0.262 e. The molecule has 0 heterocycles. The lowest BCUT2D eigenvalue weighted by molar-refractivity contribution is -0.116. The minimum atomic E-state index is -0.293. The Balaban J connectivity index is 3.17. The number of nitrogens with one attached hydrogen (secondary N) is 2. The summed E-state index contributed by atoms with van der Waals surface area (Å²) in [5, 5.41) is 10.7. The third-order valence-electron chi connectivity index (χ3n) is 3.65. The topological polar surface area (TPSA) is 61.4 Å². The van der Waals surface area contributed by atoms with Crippen molar-refractivity contribution in [2.24, 2.45) is 0 Å².